The number of allylic oxidation sites excluding steroid dienone is 1. The van der Waals surface area contributed by atoms with Crippen LogP contribution < -0.4 is 0 Å². The Balaban J connectivity index is 2.00. The van der Waals surface area contributed by atoms with Crippen molar-refractivity contribution in [2.45, 2.75) is 74.6 Å². The number of hydrogen-bond acceptors (Lipinski definition) is 2. The number of unbranched alkanes of at least 4 members (excludes halogenated alkanes) is 3. The molecule has 1 N–H and O–H groups in total. The molecule has 5 atom stereocenters. The van der Waals surface area contributed by atoms with Crippen LogP contribution >= 0.6 is 35.0 Å². The number of hydrogen-bond donors (Lipinski definition) is 1. The molecule has 0 aromatic heterocycles. The van der Waals surface area contributed by atoms with E-state index in [-0.39, 0.29) is 22.8 Å². The molecule has 4 heteroatoms. The molecular formula is C23H34Cl2OS. The topological polar surface area (TPSA) is 20.2 Å². The number of thioether (sulfide) groups is 1. The number of alkyl halides is 2. The average molecular weight is 429 g/mol. The molecule has 27 heavy (non-hydrogen) atoms. The van der Waals surface area contributed by atoms with Gasteiger partial charge in [-0.2, -0.15) is 11.8 Å². The minimum absolute atomic E-state index is 0.0799. The monoisotopic (exact) mass is 428 g/mol. The van der Waals surface area contributed by atoms with Crippen LogP contribution in [0, 0.1) is 5.92 Å². The van der Waals surface area contributed by atoms with Crippen molar-refractivity contribution in [1.29, 1.82) is 0 Å². The molecule has 1 aliphatic rings. The van der Waals surface area contributed by atoms with E-state index < -0.39 is 0 Å². The minimum Gasteiger partial charge on any atom is -0.388 e. The van der Waals surface area contributed by atoms with Crippen molar-refractivity contribution >= 4 is 35.0 Å². The second-order valence-electron chi connectivity index (χ2n) is 7.65. The largest absolute Gasteiger partial charge is 0.388 e. The maximum Gasteiger partial charge on any atom is 0.0790 e. The van der Waals surface area contributed by atoms with E-state index in [0.29, 0.717) is 5.92 Å². The molecular weight excluding hydrogens is 395 g/mol. The van der Waals surface area contributed by atoms with Crippen LogP contribution in [-0.2, 0) is 0 Å². The second kappa shape index (κ2) is 12.4. The van der Waals surface area contributed by atoms with E-state index in [9.17, 15) is 5.11 Å². The van der Waals surface area contributed by atoms with Crippen LogP contribution in [0.2, 0.25) is 0 Å². The van der Waals surface area contributed by atoms with E-state index in [2.05, 4.69) is 49.6 Å². The number of rotatable bonds is 11. The second-order valence-corrected chi connectivity index (χ2v) is 9.68. The SMILES string of the molecule is CCCCCCC(O)c1ccc(C2C(Cl)CC(Cl)C2C/C=C\CSC)cc1. The lowest BCUT2D eigenvalue weighted by Crippen LogP contribution is -2.16. The van der Waals surface area contributed by atoms with Crippen molar-refractivity contribution in [3.8, 4) is 0 Å². The van der Waals surface area contributed by atoms with Crippen molar-refractivity contribution in [2.75, 3.05) is 12.0 Å². The Morgan fingerprint density at radius 1 is 1.11 bits per heavy atom. The lowest BCUT2D eigenvalue weighted by atomic mass is 9.85. The van der Waals surface area contributed by atoms with Crippen molar-refractivity contribution in [3.05, 3.63) is 47.5 Å². The third-order valence-electron chi connectivity index (χ3n) is 5.64. The van der Waals surface area contributed by atoms with Crippen molar-refractivity contribution in [3.63, 3.8) is 0 Å². The van der Waals surface area contributed by atoms with Gasteiger partial charge >= 0.3 is 0 Å². The van der Waals surface area contributed by atoms with Gasteiger partial charge in [0, 0.05) is 22.4 Å². The van der Waals surface area contributed by atoms with Gasteiger partial charge in [0.05, 0.1) is 6.10 Å². The molecule has 0 saturated heterocycles. The van der Waals surface area contributed by atoms with Crippen molar-refractivity contribution < 1.29 is 5.11 Å². The third kappa shape index (κ3) is 6.99. The summed E-state index contributed by atoms with van der Waals surface area (Å²) in [4.78, 5) is 0. The van der Waals surface area contributed by atoms with Gasteiger partial charge in [-0.05, 0) is 42.6 Å². The highest BCUT2D eigenvalue weighted by Crippen LogP contribution is 2.47. The van der Waals surface area contributed by atoms with Gasteiger partial charge in [-0.15, -0.1) is 23.2 Å². The summed E-state index contributed by atoms with van der Waals surface area (Å²) >= 11 is 15.1. The van der Waals surface area contributed by atoms with Gasteiger partial charge in [0.2, 0.25) is 0 Å². The van der Waals surface area contributed by atoms with Gasteiger partial charge in [-0.3, -0.25) is 0 Å². The predicted molar refractivity (Wildman–Crippen MR) is 122 cm³/mol. The van der Waals surface area contributed by atoms with Crippen LogP contribution in [0.5, 0.6) is 0 Å². The van der Waals surface area contributed by atoms with E-state index in [1.165, 1.54) is 24.8 Å². The highest BCUT2D eigenvalue weighted by Gasteiger charge is 2.41. The summed E-state index contributed by atoms with van der Waals surface area (Å²) in [5.41, 5.74) is 2.27. The molecule has 0 aliphatic heterocycles. The smallest absolute Gasteiger partial charge is 0.0790 e. The Morgan fingerprint density at radius 3 is 2.52 bits per heavy atom. The molecule has 1 aromatic rings. The van der Waals surface area contributed by atoms with Gasteiger partial charge in [0.1, 0.15) is 0 Å². The minimum atomic E-state index is -0.364. The lowest BCUT2D eigenvalue weighted by Gasteiger charge is -2.23. The number of aliphatic hydroxyl groups excluding tert-OH is 1. The molecule has 0 amide bonds. The summed E-state index contributed by atoms with van der Waals surface area (Å²) in [5.74, 6) is 1.69. The molecule has 0 bridgehead atoms. The van der Waals surface area contributed by atoms with Gasteiger partial charge in [-0.25, -0.2) is 0 Å². The van der Waals surface area contributed by atoms with Crippen LogP contribution in [0.15, 0.2) is 36.4 Å². The quantitative estimate of drug-likeness (QED) is 0.226. The highest BCUT2D eigenvalue weighted by atomic mass is 35.5. The van der Waals surface area contributed by atoms with Gasteiger partial charge in [0.25, 0.3) is 0 Å². The summed E-state index contributed by atoms with van der Waals surface area (Å²) in [6, 6.07) is 8.45. The molecule has 1 fully saturated rings. The number of benzene rings is 1. The van der Waals surface area contributed by atoms with Crippen LogP contribution in [-0.4, -0.2) is 27.9 Å². The Bertz CT molecular complexity index is 560. The first-order valence-electron chi connectivity index (χ1n) is 10.3. The van der Waals surface area contributed by atoms with E-state index in [1.54, 1.807) is 0 Å². The molecule has 1 nitrogen and oxygen atoms in total. The fraction of sp³-hybridized carbons (Fsp3) is 0.652. The van der Waals surface area contributed by atoms with Crippen LogP contribution in [0.1, 0.15) is 75.0 Å². The summed E-state index contributed by atoms with van der Waals surface area (Å²) < 4.78 is 0. The number of halogens is 2. The van der Waals surface area contributed by atoms with Gasteiger partial charge in [0.15, 0.2) is 0 Å². The lowest BCUT2D eigenvalue weighted by molar-refractivity contribution is 0.163. The zero-order chi connectivity index (χ0) is 19.6. The van der Waals surface area contributed by atoms with Crippen LogP contribution in [0.25, 0.3) is 0 Å². The predicted octanol–water partition coefficient (Wildman–Crippen LogP) is 7.32. The van der Waals surface area contributed by atoms with Gasteiger partial charge in [-0.1, -0.05) is 69.0 Å². The summed E-state index contributed by atoms with van der Waals surface area (Å²) in [7, 11) is 0. The number of aliphatic hydroxyl groups is 1. The first-order valence-corrected chi connectivity index (χ1v) is 12.5. The molecule has 1 saturated carbocycles. The zero-order valence-corrected chi connectivity index (χ0v) is 18.9. The van der Waals surface area contributed by atoms with E-state index in [1.807, 2.05) is 11.8 Å². The Labute approximate surface area is 179 Å². The zero-order valence-electron chi connectivity index (χ0n) is 16.6. The molecule has 0 heterocycles. The first kappa shape index (κ1) is 23.1. The standard InChI is InChI=1S/C23H34Cl2OS/c1-3-4-5-6-10-22(26)17-11-13-18(14-12-17)23-19(9-7-8-15-27-2)20(24)16-21(23)25/h7-8,11-14,19-23,26H,3-6,9-10,15-16H2,1-2H3/b8-7-. The van der Waals surface area contributed by atoms with E-state index in [4.69, 9.17) is 23.2 Å². The fourth-order valence-corrected chi connectivity index (χ4v) is 5.46. The molecule has 0 radical (unpaired) electrons. The van der Waals surface area contributed by atoms with Crippen LogP contribution in [0.4, 0.5) is 0 Å². The van der Waals surface area contributed by atoms with E-state index in [0.717, 1.165) is 37.0 Å². The molecule has 152 valence electrons. The average Bonchev–Trinajstić information content (AvgIpc) is 2.95. The Hall–Kier alpha value is -0.150. The summed E-state index contributed by atoms with van der Waals surface area (Å²) in [6.07, 6.45) is 13.7. The van der Waals surface area contributed by atoms with Gasteiger partial charge < -0.3 is 5.11 Å². The normalized spacial score (nSPS) is 26.7. The molecule has 1 aromatic carbocycles. The maximum absolute atomic E-state index is 10.4. The Kier molecular flexibility index (Phi) is 10.6. The van der Waals surface area contributed by atoms with Crippen molar-refractivity contribution in [2.24, 2.45) is 5.92 Å². The maximum atomic E-state index is 10.4. The first-order chi connectivity index (χ1) is 13.1. The van der Waals surface area contributed by atoms with E-state index >= 15 is 0 Å². The highest BCUT2D eigenvalue weighted by molar-refractivity contribution is 7.98. The Morgan fingerprint density at radius 2 is 1.85 bits per heavy atom. The molecule has 5 unspecified atom stereocenters. The molecule has 2 rings (SSSR count). The fourth-order valence-electron chi connectivity index (χ4n) is 4.07. The summed E-state index contributed by atoms with van der Waals surface area (Å²) in [5, 5.41) is 10.6. The van der Waals surface area contributed by atoms with Crippen molar-refractivity contribution in [1.82, 2.24) is 0 Å². The molecule has 0 spiro atoms. The molecule has 1 aliphatic carbocycles. The van der Waals surface area contributed by atoms with Crippen LogP contribution in [0.3, 0.4) is 0 Å². The third-order valence-corrected chi connectivity index (χ3v) is 7.12. The summed E-state index contributed by atoms with van der Waals surface area (Å²) in [6.45, 7) is 2.21.